The first-order valence-corrected chi connectivity index (χ1v) is 9.91. The first-order chi connectivity index (χ1) is 11.8. The summed E-state index contributed by atoms with van der Waals surface area (Å²) in [6, 6.07) is 5.20. The monoisotopic (exact) mass is 370 g/mol. The molecule has 0 spiro atoms. The molecule has 0 aliphatic carbocycles. The molecule has 1 fully saturated rings. The quantitative estimate of drug-likeness (QED) is 0.784. The number of hydrogen-bond donors (Lipinski definition) is 0. The maximum Gasteiger partial charge on any atom is 0.384 e. The summed E-state index contributed by atoms with van der Waals surface area (Å²) in [4.78, 5) is 2.27. The molecular formula is C17H26N2O5S. The molecule has 8 heteroatoms. The molecule has 1 unspecified atom stereocenters. The third-order valence-corrected chi connectivity index (χ3v) is 6.33. The van der Waals surface area contributed by atoms with Gasteiger partial charge in [-0.2, -0.15) is 12.7 Å². The Bertz CT molecular complexity index is 729. The van der Waals surface area contributed by atoms with Crippen molar-refractivity contribution in [1.82, 2.24) is 9.21 Å². The Morgan fingerprint density at radius 3 is 2.64 bits per heavy atom. The molecule has 140 valence electrons. The number of hydrogen-bond acceptors (Lipinski definition) is 6. The van der Waals surface area contributed by atoms with Gasteiger partial charge in [0.05, 0.1) is 13.2 Å². The van der Waals surface area contributed by atoms with Gasteiger partial charge in [0.25, 0.3) is 0 Å². The number of nitrogens with zero attached hydrogens (tertiary/aromatic N) is 2. The Labute approximate surface area is 149 Å². The van der Waals surface area contributed by atoms with Gasteiger partial charge >= 0.3 is 10.3 Å². The van der Waals surface area contributed by atoms with Crippen LogP contribution in [0, 0.1) is 0 Å². The Kier molecular flexibility index (Phi) is 4.98. The molecule has 1 atom stereocenters. The summed E-state index contributed by atoms with van der Waals surface area (Å²) >= 11 is 0. The molecule has 2 heterocycles. The maximum atomic E-state index is 12.2. The Hall–Kier alpha value is -1.35. The molecule has 0 bridgehead atoms. The second kappa shape index (κ2) is 6.75. The van der Waals surface area contributed by atoms with Gasteiger partial charge in [0, 0.05) is 37.7 Å². The van der Waals surface area contributed by atoms with Crippen molar-refractivity contribution < 1.29 is 22.1 Å². The highest BCUT2D eigenvalue weighted by Gasteiger charge is 2.45. The second-order valence-electron chi connectivity index (χ2n) is 6.95. The van der Waals surface area contributed by atoms with E-state index in [1.807, 2.05) is 0 Å². The van der Waals surface area contributed by atoms with Crippen molar-refractivity contribution in [3.05, 3.63) is 23.8 Å². The third-order valence-electron chi connectivity index (χ3n) is 4.91. The molecule has 1 saturated heterocycles. The molecule has 0 aromatic heterocycles. The van der Waals surface area contributed by atoms with E-state index in [4.69, 9.17) is 13.7 Å². The van der Waals surface area contributed by atoms with Gasteiger partial charge in [0.2, 0.25) is 0 Å². The fraction of sp³-hybridized carbons (Fsp3) is 0.647. The van der Waals surface area contributed by atoms with Gasteiger partial charge in [-0.1, -0.05) is 20.8 Å². The van der Waals surface area contributed by atoms with Gasteiger partial charge in [-0.3, -0.25) is 4.90 Å². The van der Waals surface area contributed by atoms with Crippen LogP contribution in [0.4, 0.5) is 0 Å². The van der Waals surface area contributed by atoms with Crippen LogP contribution in [0.25, 0.3) is 0 Å². The number of benzene rings is 1. The highest BCUT2D eigenvalue weighted by atomic mass is 32.2. The van der Waals surface area contributed by atoms with E-state index in [0.717, 1.165) is 24.4 Å². The van der Waals surface area contributed by atoms with E-state index in [2.05, 4.69) is 18.7 Å². The molecule has 2 aliphatic rings. The standard InChI is InChI=1S/C17H26N2O5S/c1-5-18(4)25(20,21)24-13-6-7-15-14(12-13)17(2,3)16(23-15)19-8-10-22-11-9-19/h6-7,12,16H,5,8-11H2,1-4H3. The van der Waals surface area contributed by atoms with Crippen LogP contribution >= 0.6 is 0 Å². The summed E-state index contributed by atoms with van der Waals surface area (Å²) in [5.74, 6) is 1.08. The van der Waals surface area contributed by atoms with Crippen LogP contribution in [0.3, 0.4) is 0 Å². The van der Waals surface area contributed by atoms with E-state index < -0.39 is 10.3 Å². The lowest BCUT2D eigenvalue weighted by atomic mass is 9.83. The predicted molar refractivity (Wildman–Crippen MR) is 94.1 cm³/mol. The highest BCUT2D eigenvalue weighted by Crippen LogP contribution is 2.45. The van der Waals surface area contributed by atoms with Gasteiger partial charge < -0.3 is 13.7 Å². The lowest BCUT2D eigenvalue weighted by Gasteiger charge is -2.38. The molecular weight excluding hydrogens is 344 g/mol. The van der Waals surface area contributed by atoms with Crippen molar-refractivity contribution in [2.45, 2.75) is 32.4 Å². The largest absolute Gasteiger partial charge is 0.474 e. The zero-order valence-electron chi connectivity index (χ0n) is 15.2. The first-order valence-electron chi connectivity index (χ1n) is 8.54. The fourth-order valence-corrected chi connectivity index (χ4v) is 4.04. The maximum absolute atomic E-state index is 12.2. The average Bonchev–Trinajstić information content (AvgIpc) is 2.85. The van der Waals surface area contributed by atoms with Crippen molar-refractivity contribution in [2.24, 2.45) is 0 Å². The third kappa shape index (κ3) is 3.48. The molecule has 0 amide bonds. The van der Waals surface area contributed by atoms with Crippen molar-refractivity contribution in [2.75, 3.05) is 39.9 Å². The van der Waals surface area contributed by atoms with Gasteiger partial charge in [-0.15, -0.1) is 0 Å². The molecule has 0 N–H and O–H groups in total. The number of rotatable bonds is 5. The zero-order valence-corrected chi connectivity index (χ0v) is 16.0. The molecule has 1 aromatic carbocycles. The SMILES string of the molecule is CCN(C)S(=O)(=O)Oc1ccc2c(c1)C(C)(C)C(N1CCOCC1)O2. The van der Waals surface area contributed by atoms with Crippen LogP contribution < -0.4 is 8.92 Å². The van der Waals surface area contributed by atoms with Crippen molar-refractivity contribution in [3.8, 4) is 11.5 Å². The lowest BCUT2D eigenvalue weighted by Crippen LogP contribution is -2.52. The zero-order chi connectivity index (χ0) is 18.2. The summed E-state index contributed by atoms with van der Waals surface area (Å²) in [5.41, 5.74) is 0.669. The first kappa shape index (κ1) is 18.4. The normalized spacial score (nSPS) is 23.3. The molecule has 0 saturated carbocycles. The van der Waals surface area contributed by atoms with E-state index in [1.165, 1.54) is 11.4 Å². The minimum absolute atomic E-state index is 0.100. The second-order valence-corrected chi connectivity index (χ2v) is 8.60. The van der Waals surface area contributed by atoms with E-state index >= 15 is 0 Å². The number of ether oxygens (including phenoxy) is 2. The van der Waals surface area contributed by atoms with Gasteiger partial charge in [0.1, 0.15) is 11.5 Å². The predicted octanol–water partition coefficient (Wildman–Crippen LogP) is 1.59. The summed E-state index contributed by atoms with van der Waals surface area (Å²) < 4.78 is 42.3. The fourth-order valence-electron chi connectivity index (χ4n) is 3.25. The molecule has 3 rings (SSSR count). The molecule has 0 radical (unpaired) electrons. The Balaban J connectivity index is 1.85. The van der Waals surface area contributed by atoms with E-state index in [9.17, 15) is 8.42 Å². The minimum Gasteiger partial charge on any atom is -0.474 e. The summed E-state index contributed by atoms with van der Waals surface area (Å²) in [6.45, 7) is 9.35. The topological polar surface area (TPSA) is 68.3 Å². The van der Waals surface area contributed by atoms with Gasteiger partial charge in [0.15, 0.2) is 6.23 Å². The Morgan fingerprint density at radius 1 is 1.32 bits per heavy atom. The molecule has 1 aromatic rings. The van der Waals surface area contributed by atoms with E-state index in [0.29, 0.717) is 25.5 Å². The van der Waals surface area contributed by atoms with Crippen LogP contribution in [0.2, 0.25) is 0 Å². The van der Waals surface area contributed by atoms with Crippen LogP contribution in [0.5, 0.6) is 11.5 Å². The minimum atomic E-state index is -3.79. The van der Waals surface area contributed by atoms with Crippen LogP contribution in [0.1, 0.15) is 26.3 Å². The number of morpholine rings is 1. The van der Waals surface area contributed by atoms with Crippen LogP contribution in [0.15, 0.2) is 18.2 Å². The smallest absolute Gasteiger partial charge is 0.384 e. The van der Waals surface area contributed by atoms with E-state index in [1.54, 1.807) is 25.1 Å². The summed E-state index contributed by atoms with van der Waals surface area (Å²) in [6.07, 6.45) is -0.100. The van der Waals surface area contributed by atoms with E-state index in [-0.39, 0.29) is 11.6 Å². The summed E-state index contributed by atoms with van der Waals surface area (Å²) in [5, 5.41) is 0. The highest BCUT2D eigenvalue weighted by molar-refractivity contribution is 7.84. The van der Waals surface area contributed by atoms with Crippen LogP contribution in [-0.4, -0.2) is 63.7 Å². The van der Waals surface area contributed by atoms with Gasteiger partial charge in [-0.25, -0.2) is 0 Å². The van der Waals surface area contributed by atoms with Crippen molar-refractivity contribution >= 4 is 10.3 Å². The van der Waals surface area contributed by atoms with Gasteiger partial charge in [-0.05, 0) is 18.2 Å². The van der Waals surface area contributed by atoms with Crippen molar-refractivity contribution in [1.29, 1.82) is 0 Å². The molecule has 2 aliphatic heterocycles. The average molecular weight is 370 g/mol. The Morgan fingerprint density at radius 2 is 2.00 bits per heavy atom. The lowest BCUT2D eigenvalue weighted by molar-refractivity contribution is -0.0612. The molecule has 25 heavy (non-hydrogen) atoms. The number of fused-ring (bicyclic) bond motifs is 1. The molecule has 7 nitrogen and oxygen atoms in total. The summed E-state index contributed by atoms with van der Waals surface area (Å²) in [7, 11) is -2.30. The van der Waals surface area contributed by atoms with Crippen molar-refractivity contribution in [3.63, 3.8) is 0 Å². The van der Waals surface area contributed by atoms with Crippen LogP contribution in [-0.2, 0) is 20.5 Å².